The van der Waals surface area contributed by atoms with Gasteiger partial charge in [-0.1, -0.05) is 0 Å². The molecule has 0 aliphatic heterocycles. The Bertz CT molecular complexity index is 167. The van der Waals surface area contributed by atoms with Gasteiger partial charge < -0.3 is 28.8 Å². The van der Waals surface area contributed by atoms with Crippen LogP contribution in [-0.2, 0) is 28.5 Å². The summed E-state index contributed by atoms with van der Waals surface area (Å²) in [6.07, 6.45) is 0. The highest BCUT2D eigenvalue weighted by atomic mass is 16.5. The Morgan fingerprint density at radius 1 is 0.857 bits per heavy atom. The molecule has 0 aromatic heterocycles. The van der Waals surface area contributed by atoms with Crippen molar-refractivity contribution in [2.75, 3.05) is 67.1 Å². The normalized spacial score (nSPS) is 9.05. The van der Waals surface area contributed by atoms with Gasteiger partial charge in [0.15, 0.2) is 0 Å². The molecule has 0 aromatic carbocycles. The van der Waals surface area contributed by atoms with Gasteiger partial charge in [0.1, 0.15) is 0 Å². The van der Waals surface area contributed by atoms with E-state index in [4.69, 9.17) is 24.1 Å². The van der Waals surface area contributed by atoms with Crippen LogP contribution >= 0.6 is 0 Å². The lowest BCUT2D eigenvalue weighted by atomic mass is 10.7. The highest BCUT2D eigenvalue weighted by Crippen LogP contribution is 1.75. The molecule has 0 spiro atoms. The first kappa shape index (κ1) is 25.2. The van der Waals surface area contributed by atoms with E-state index in [-0.39, 0.29) is 12.6 Å². The van der Waals surface area contributed by atoms with Crippen molar-refractivity contribution in [2.24, 2.45) is 0 Å². The molecule has 0 amide bonds. The smallest absolute Gasteiger partial charge is 0.302 e. The summed E-state index contributed by atoms with van der Waals surface area (Å²) < 4.78 is 23.7. The van der Waals surface area contributed by atoms with Gasteiger partial charge in [0.05, 0.1) is 46.2 Å². The van der Waals surface area contributed by atoms with E-state index in [1.54, 1.807) is 21.1 Å². The minimum atomic E-state index is -0.211. The molecule has 0 bridgehead atoms. The first-order valence-electron chi connectivity index (χ1n) is 6.98. The van der Waals surface area contributed by atoms with Gasteiger partial charge in [-0.25, -0.2) is 0 Å². The third-order valence-electron chi connectivity index (χ3n) is 1.65. The molecule has 1 N–H and O–H groups in total. The fourth-order valence-electron chi connectivity index (χ4n) is 0.799. The molecule has 0 atom stereocenters. The van der Waals surface area contributed by atoms with E-state index in [1.165, 1.54) is 6.92 Å². The molecule has 0 aliphatic rings. The molecule has 0 unspecified atom stereocenters. The van der Waals surface area contributed by atoms with E-state index in [1.807, 2.05) is 6.92 Å². The maximum Gasteiger partial charge on any atom is 0.302 e. The van der Waals surface area contributed by atoms with E-state index in [2.05, 4.69) is 4.74 Å². The molecule has 7 nitrogen and oxygen atoms in total. The van der Waals surface area contributed by atoms with Crippen LogP contribution in [0.1, 0.15) is 20.8 Å². The Labute approximate surface area is 128 Å². The van der Waals surface area contributed by atoms with E-state index >= 15 is 0 Å². The predicted octanol–water partition coefficient (Wildman–Crippen LogP) is 0.880. The van der Waals surface area contributed by atoms with Crippen LogP contribution < -0.4 is 0 Å². The molecule has 0 saturated heterocycles. The van der Waals surface area contributed by atoms with Crippen molar-refractivity contribution in [3.05, 3.63) is 0 Å². The number of methoxy groups -OCH3 is 2. The lowest BCUT2D eigenvalue weighted by Gasteiger charge is -2.00. The number of hydrogen-bond acceptors (Lipinski definition) is 7. The molecule has 0 heterocycles. The molecule has 0 saturated carbocycles. The van der Waals surface area contributed by atoms with Gasteiger partial charge >= 0.3 is 5.97 Å². The van der Waals surface area contributed by atoms with E-state index in [0.29, 0.717) is 46.2 Å². The molecule has 0 fully saturated rings. The van der Waals surface area contributed by atoms with Crippen molar-refractivity contribution < 1.29 is 33.6 Å². The molecule has 7 heteroatoms. The van der Waals surface area contributed by atoms with Crippen molar-refractivity contribution in [2.45, 2.75) is 20.8 Å². The summed E-state index contributed by atoms with van der Waals surface area (Å²) in [7, 11) is 3.30. The van der Waals surface area contributed by atoms with Crippen molar-refractivity contribution in [1.82, 2.24) is 0 Å². The summed E-state index contributed by atoms with van der Waals surface area (Å²) in [4.78, 5) is 9.82. The summed E-state index contributed by atoms with van der Waals surface area (Å²) >= 11 is 0. The Balaban J connectivity index is -0.000000240. The molecule has 130 valence electrons. The average molecular weight is 312 g/mol. The third kappa shape index (κ3) is 45.2. The molecule has 0 radical (unpaired) electrons. The second-order valence-corrected chi connectivity index (χ2v) is 3.44. The van der Waals surface area contributed by atoms with Crippen LogP contribution in [0.3, 0.4) is 0 Å². The third-order valence-corrected chi connectivity index (χ3v) is 1.65. The fourth-order valence-corrected chi connectivity index (χ4v) is 0.799. The second kappa shape index (κ2) is 27.6. The Morgan fingerprint density at radius 2 is 1.38 bits per heavy atom. The first-order chi connectivity index (χ1) is 10.1. The minimum absolute atomic E-state index is 0.133. The summed E-state index contributed by atoms with van der Waals surface area (Å²) in [5, 5.41) is 8.07. The van der Waals surface area contributed by atoms with Crippen LogP contribution in [0.5, 0.6) is 0 Å². The molecular formula is C14H32O7. The average Bonchev–Trinajstić information content (AvgIpc) is 2.46. The summed E-state index contributed by atoms with van der Waals surface area (Å²) in [6.45, 7) is 9.47. The van der Waals surface area contributed by atoms with Gasteiger partial charge in [0.25, 0.3) is 0 Å². The number of carbonyl (C=O) groups is 1. The molecular weight excluding hydrogens is 280 g/mol. The van der Waals surface area contributed by atoms with Gasteiger partial charge in [-0.15, -0.1) is 0 Å². The van der Waals surface area contributed by atoms with Crippen molar-refractivity contribution in [3.63, 3.8) is 0 Å². The summed E-state index contributed by atoms with van der Waals surface area (Å²) in [5.41, 5.74) is 0. The minimum Gasteiger partial charge on any atom is -0.466 e. The number of esters is 1. The molecule has 21 heavy (non-hydrogen) atoms. The standard InChI is InChI=1S/C6H14O3.C4H8O2.C4H10O2/c1-7-3-5-9-6-4-8-2;1-3-6-4(2)5;1-2-6-4-3-5/h3-6H2,1-2H3;3H2,1-2H3;5H,2-4H2,1H3. The Morgan fingerprint density at radius 3 is 1.57 bits per heavy atom. The lowest BCUT2D eigenvalue weighted by Crippen LogP contribution is -2.06. The van der Waals surface area contributed by atoms with Crippen LogP contribution in [0.2, 0.25) is 0 Å². The van der Waals surface area contributed by atoms with Crippen molar-refractivity contribution in [1.29, 1.82) is 0 Å². The number of rotatable bonds is 10. The number of ether oxygens (including phenoxy) is 5. The maximum absolute atomic E-state index is 9.82. The largest absolute Gasteiger partial charge is 0.466 e. The van der Waals surface area contributed by atoms with Crippen LogP contribution in [0, 0.1) is 0 Å². The zero-order valence-corrected chi connectivity index (χ0v) is 14.1. The van der Waals surface area contributed by atoms with Gasteiger partial charge in [-0.05, 0) is 13.8 Å². The zero-order chi connectivity index (χ0) is 16.8. The van der Waals surface area contributed by atoms with E-state index < -0.39 is 0 Å². The quantitative estimate of drug-likeness (QED) is 0.473. The second-order valence-electron chi connectivity index (χ2n) is 3.44. The highest BCUT2D eigenvalue weighted by molar-refractivity contribution is 5.65. The number of aliphatic hydroxyl groups excluding tert-OH is 1. The lowest BCUT2D eigenvalue weighted by molar-refractivity contribution is -0.140. The van der Waals surface area contributed by atoms with Crippen LogP contribution in [0.4, 0.5) is 0 Å². The topological polar surface area (TPSA) is 83.5 Å². The number of aliphatic hydroxyl groups is 1. The highest BCUT2D eigenvalue weighted by Gasteiger charge is 1.84. The van der Waals surface area contributed by atoms with Gasteiger partial charge in [0.2, 0.25) is 0 Å². The van der Waals surface area contributed by atoms with E-state index in [0.717, 1.165) is 0 Å². The summed E-state index contributed by atoms with van der Waals surface area (Å²) in [5.74, 6) is -0.211. The zero-order valence-electron chi connectivity index (χ0n) is 14.1. The van der Waals surface area contributed by atoms with Crippen molar-refractivity contribution in [3.8, 4) is 0 Å². The van der Waals surface area contributed by atoms with Gasteiger partial charge in [0, 0.05) is 27.8 Å². The number of hydrogen-bond donors (Lipinski definition) is 1. The summed E-state index contributed by atoms with van der Waals surface area (Å²) in [6, 6.07) is 0. The molecule has 0 aromatic rings. The van der Waals surface area contributed by atoms with Crippen LogP contribution in [0.15, 0.2) is 0 Å². The monoisotopic (exact) mass is 312 g/mol. The van der Waals surface area contributed by atoms with Crippen molar-refractivity contribution >= 4 is 5.97 Å². The maximum atomic E-state index is 9.82. The van der Waals surface area contributed by atoms with Crippen LogP contribution in [0.25, 0.3) is 0 Å². The molecule has 0 rings (SSSR count). The number of carbonyl (C=O) groups excluding carboxylic acids is 1. The van der Waals surface area contributed by atoms with Gasteiger partial charge in [-0.2, -0.15) is 0 Å². The SMILES string of the molecule is CCOC(C)=O.CCOCCO.COCCOCCOC. The van der Waals surface area contributed by atoms with Gasteiger partial charge in [-0.3, -0.25) is 4.79 Å². The van der Waals surface area contributed by atoms with Crippen LogP contribution in [-0.4, -0.2) is 78.2 Å². The molecule has 0 aliphatic carbocycles. The van der Waals surface area contributed by atoms with E-state index in [9.17, 15) is 4.79 Å². The predicted molar refractivity (Wildman–Crippen MR) is 80.5 cm³/mol. The Kier molecular flexibility index (Phi) is 33.2. The first-order valence-corrected chi connectivity index (χ1v) is 6.98. The fraction of sp³-hybridized carbons (Fsp3) is 0.929. The Hall–Kier alpha value is -0.730.